The molecule has 0 fully saturated rings. The van der Waals surface area contributed by atoms with E-state index in [9.17, 15) is 19.2 Å². The maximum atomic E-state index is 13.6. The number of para-hydroxylation sites is 1. The summed E-state index contributed by atoms with van der Waals surface area (Å²) in [5.41, 5.74) is 1.13. The molecule has 2 aliphatic rings. The van der Waals surface area contributed by atoms with Crippen LogP contribution in [0.4, 0.5) is 0 Å². The third-order valence-electron chi connectivity index (χ3n) is 7.29. The lowest BCUT2D eigenvalue weighted by Crippen LogP contribution is -2.48. The van der Waals surface area contributed by atoms with Crippen molar-refractivity contribution in [1.82, 2.24) is 14.5 Å². The average Bonchev–Trinajstić information content (AvgIpc) is 3.33. The van der Waals surface area contributed by atoms with Crippen molar-refractivity contribution in [2.45, 2.75) is 32.1 Å². The first-order valence-corrected chi connectivity index (χ1v) is 13.7. The van der Waals surface area contributed by atoms with Gasteiger partial charge < -0.3 is 33.2 Å². The molecule has 0 amide bonds. The first kappa shape index (κ1) is 29.4. The Bertz CT molecular complexity index is 1580. The molecule has 0 unspecified atom stereocenters. The van der Waals surface area contributed by atoms with Gasteiger partial charge >= 0.3 is 17.9 Å². The van der Waals surface area contributed by atoms with Crippen molar-refractivity contribution in [3.63, 3.8) is 0 Å². The molecule has 0 saturated carbocycles. The van der Waals surface area contributed by atoms with Crippen molar-refractivity contribution < 1.29 is 38.1 Å². The number of hydrogen-bond donors (Lipinski definition) is 0. The molecule has 1 aromatic carbocycles. The van der Waals surface area contributed by atoms with Gasteiger partial charge in [-0.2, -0.15) is 0 Å². The van der Waals surface area contributed by atoms with Gasteiger partial charge in [0.05, 0.1) is 42.2 Å². The standard InChI is InChI=1S/C30H33N3O9/c1-4-30(42-26(35)18-39-17-25(34)40-12-11-38-10-9-32(2)3)22-14-24-27-20(13-19-7-5-6-8-23(19)31-27)15-33(24)28(36)21(22)16-41-29(30)37/h5-8,13-14H,4,9-12,15-18H2,1-3H3/t30-/m0/s1. The summed E-state index contributed by atoms with van der Waals surface area (Å²) in [4.78, 5) is 58.3. The van der Waals surface area contributed by atoms with Gasteiger partial charge in [-0.25, -0.2) is 19.4 Å². The normalized spacial score (nSPS) is 17.0. The van der Waals surface area contributed by atoms with E-state index in [1.807, 2.05) is 49.3 Å². The lowest BCUT2D eigenvalue weighted by Gasteiger charge is -2.35. The Hall–Kier alpha value is -4.13. The third-order valence-corrected chi connectivity index (χ3v) is 7.29. The van der Waals surface area contributed by atoms with E-state index in [0.717, 1.165) is 23.0 Å². The fourth-order valence-electron chi connectivity index (χ4n) is 5.13. The molecule has 0 aliphatic carbocycles. The molecule has 1 atom stereocenters. The highest BCUT2D eigenvalue weighted by Crippen LogP contribution is 2.40. The molecule has 0 radical (unpaired) electrons. The second kappa shape index (κ2) is 12.4. The van der Waals surface area contributed by atoms with Crippen molar-refractivity contribution in [3.8, 4) is 11.4 Å². The summed E-state index contributed by atoms with van der Waals surface area (Å²) >= 11 is 0. The van der Waals surface area contributed by atoms with Crippen LogP contribution in [0.3, 0.4) is 0 Å². The van der Waals surface area contributed by atoms with E-state index in [-0.39, 0.29) is 42.9 Å². The zero-order valence-electron chi connectivity index (χ0n) is 23.8. The number of nitrogens with zero attached hydrogens (tertiary/aromatic N) is 3. The number of cyclic esters (lactones) is 1. The van der Waals surface area contributed by atoms with E-state index in [2.05, 4.69) is 0 Å². The highest BCUT2D eigenvalue weighted by molar-refractivity contribution is 5.88. The van der Waals surface area contributed by atoms with Crippen LogP contribution < -0.4 is 5.56 Å². The Morgan fingerprint density at radius 1 is 1.05 bits per heavy atom. The molecule has 12 heteroatoms. The molecular formula is C30H33N3O9. The second-order valence-electron chi connectivity index (χ2n) is 10.4. The van der Waals surface area contributed by atoms with Crippen LogP contribution in [0.2, 0.25) is 0 Å². The summed E-state index contributed by atoms with van der Waals surface area (Å²) in [5.74, 6) is -2.35. The lowest BCUT2D eigenvalue weighted by molar-refractivity contribution is -0.192. The van der Waals surface area contributed by atoms with Gasteiger partial charge in [0.25, 0.3) is 5.56 Å². The zero-order valence-corrected chi connectivity index (χ0v) is 23.8. The minimum absolute atomic E-state index is 0.0152. The highest BCUT2D eigenvalue weighted by atomic mass is 16.6. The monoisotopic (exact) mass is 579 g/mol. The minimum Gasteiger partial charge on any atom is -0.462 e. The Balaban J connectivity index is 1.28. The smallest absolute Gasteiger partial charge is 0.355 e. The van der Waals surface area contributed by atoms with Crippen LogP contribution in [0.15, 0.2) is 41.2 Å². The topological polar surface area (TPSA) is 135 Å². The number of aromatic nitrogens is 2. The Kier molecular flexibility index (Phi) is 8.66. The zero-order chi connectivity index (χ0) is 29.9. The number of fused-ring (bicyclic) bond motifs is 5. The predicted octanol–water partition coefficient (Wildman–Crippen LogP) is 1.77. The Morgan fingerprint density at radius 3 is 2.62 bits per heavy atom. The maximum absolute atomic E-state index is 13.6. The third kappa shape index (κ3) is 5.78. The molecule has 2 aromatic heterocycles. The Labute approximate surface area is 242 Å². The molecule has 222 valence electrons. The van der Waals surface area contributed by atoms with Crippen molar-refractivity contribution in [1.29, 1.82) is 0 Å². The van der Waals surface area contributed by atoms with E-state index in [0.29, 0.717) is 24.5 Å². The predicted molar refractivity (Wildman–Crippen MR) is 150 cm³/mol. The SMILES string of the molecule is CC[C@@]1(OC(=O)COCC(=O)OCCOCCN(C)C)C(=O)OCc2c1cc1n(c2=O)Cc2cc3ccccc3nc2-1. The van der Waals surface area contributed by atoms with Gasteiger partial charge in [-0.1, -0.05) is 25.1 Å². The average molecular weight is 580 g/mol. The van der Waals surface area contributed by atoms with Crippen LogP contribution in [-0.2, 0) is 56.8 Å². The molecule has 0 spiro atoms. The molecule has 0 saturated heterocycles. The molecule has 12 nitrogen and oxygen atoms in total. The fraction of sp³-hybridized carbons (Fsp3) is 0.433. The molecule has 42 heavy (non-hydrogen) atoms. The van der Waals surface area contributed by atoms with Crippen LogP contribution >= 0.6 is 0 Å². The van der Waals surface area contributed by atoms with Gasteiger partial charge in [-0.05, 0) is 38.7 Å². The molecule has 2 aliphatic heterocycles. The second-order valence-corrected chi connectivity index (χ2v) is 10.4. The number of carbonyl (C=O) groups excluding carboxylic acids is 3. The van der Waals surface area contributed by atoms with Gasteiger partial charge in [0, 0.05) is 23.1 Å². The fourth-order valence-corrected chi connectivity index (χ4v) is 5.13. The van der Waals surface area contributed by atoms with Crippen LogP contribution in [0.25, 0.3) is 22.3 Å². The number of carbonyl (C=O) groups is 3. The number of rotatable bonds is 12. The first-order chi connectivity index (χ1) is 20.2. The quantitative estimate of drug-likeness (QED) is 0.138. The Morgan fingerprint density at radius 2 is 1.83 bits per heavy atom. The summed E-state index contributed by atoms with van der Waals surface area (Å²) in [6, 6.07) is 11.3. The van der Waals surface area contributed by atoms with Crippen molar-refractivity contribution in [3.05, 3.63) is 63.4 Å². The summed E-state index contributed by atoms with van der Waals surface area (Å²) < 4.78 is 28.2. The van der Waals surface area contributed by atoms with Crippen LogP contribution in [0.5, 0.6) is 0 Å². The first-order valence-electron chi connectivity index (χ1n) is 13.7. The van der Waals surface area contributed by atoms with Crippen molar-refractivity contribution in [2.75, 3.05) is 53.7 Å². The number of hydrogen-bond acceptors (Lipinski definition) is 11. The number of likely N-dealkylation sites (N-methyl/N-ethyl adjacent to an activating group) is 1. The van der Waals surface area contributed by atoms with Crippen LogP contribution in [-0.4, -0.2) is 86.0 Å². The number of esters is 3. The number of benzene rings is 1. The lowest BCUT2D eigenvalue weighted by atomic mass is 9.85. The van der Waals surface area contributed by atoms with E-state index >= 15 is 0 Å². The molecule has 3 aromatic rings. The van der Waals surface area contributed by atoms with Crippen LogP contribution in [0.1, 0.15) is 30.0 Å². The van der Waals surface area contributed by atoms with E-state index < -0.39 is 36.7 Å². The van der Waals surface area contributed by atoms with Gasteiger partial charge in [0.1, 0.15) is 26.4 Å². The van der Waals surface area contributed by atoms with Gasteiger partial charge in [-0.15, -0.1) is 0 Å². The van der Waals surface area contributed by atoms with Gasteiger partial charge in [0.15, 0.2) is 0 Å². The number of pyridine rings is 2. The summed E-state index contributed by atoms with van der Waals surface area (Å²) in [5, 5.41) is 0.953. The number of ether oxygens (including phenoxy) is 5. The van der Waals surface area contributed by atoms with Crippen molar-refractivity contribution >= 4 is 28.8 Å². The van der Waals surface area contributed by atoms with E-state index in [1.165, 1.54) is 0 Å². The minimum atomic E-state index is -1.85. The van der Waals surface area contributed by atoms with Gasteiger partial charge in [0.2, 0.25) is 5.60 Å². The van der Waals surface area contributed by atoms with Crippen molar-refractivity contribution in [2.24, 2.45) is 0 Å². The molecule has 5 rings (SSSR count). The summed E-state index contributed by atoms with van der Waals surface area (Å²) in [6.45, 7) is 2.19. The van der Waals surface area contributed by atoms with E-state index in [1.54, 1.807) is 17.6 Å². The maximum Gasteiger partial charge on any atom is 0.355 e. The highest BCUT2D eigenvalue weighted by Gasteiger charge is 2.50. The molecule has 0 bridgehead atoms. The van der Waals surface area contributed by atoms with Gasteiger partial charge in [-0.3, -0.25) is 4.79 Å². The largest absolute Gasteiger partial charge is 0.462 e. The summed E-state index contributed by atoms with van der Waals surface area (Å²) in [7, 11) is 3.85. The van der Waals surface area contributed by atoms with E-state index in [4.69, 9.17) is 28.7 Å². The molecule has 4 heterocycles. The summed E-state index contributed by atoms with van der Waals surface area (Å²) in [6.07, 6.45) is 0.0152. The molecular weight excluding hydrogens is 546 g/mol. The van der Waals surface area contributed by atoms with Crippen LogP contribution in [0, 0.1) is 0 Å². The molecule has 0 N–H and O–H groups in total.